The van der Waals surface area contributed by atoms with E-state index in [4.69, 9.17) is 4.74 Å². The number of nitrogens with one attached hydrogen (secondary N) is 3. The molecule has 154 valence electrons. The molecule has 0 saturated carbocycles. The molecule has 0 saturated heterocycles. The van der Waals surface area contributed by atoms with Crippen molar-refractivity contribution in [2.24, 2.45) is 0 Å². The van der Waals surface area contributed by atoms with E-state index in [1.165, 1.54) is 10.6 Å². The lowest BCUT2D eigenvalue weighted by Crippen LogP contribution is -2.38. The van der Waals surface area contributed by atoms with Crippen molar-refractivity contribution < 1.29 is 14.3 Å². The summed E-state index contributed by atoms with van der Waals surface area (Å²) in [7, 11) is 1.63. The number of ether oxygens (including phenoxy) is 1. The summed E-state index contributed by atoms with van der Waals surface area (Å²) in [6.07, 6.45) is 0. The topological polar surface area (TPSA) is 101 Å². The molecule has 0 fully saturated rings. The third kappa shape index (κ3) is 8.11. The molecule has 1 aromatic rings. The maximum atomic E-state index is 12.5. The van der Waals surface area contributed by atoms with Crippen LogP contribution < -0.4 is 21.5 Å². The molecule has 0 aliphatic carbocycles. The Morgan fingerprint density at radius 1 is 1.19 bits per heavy atom. The normalized spacial score (nSPS) is 10.4. The van der Waals surface area contributed by atoms with E-state index in [-0.39, 0.29) is 42.4 Å². The zero-order chi connectivity index (χ0) is 19.7. The summed E-state index contributed by atoms with van der Waals surface area (Å²) in [5.41, 5.74) is 1.21. The van der Waals surface area contributed by atoms with Crippen LogP contribution in [0.5, 0.6) is 0 Å². The summed E-state index contributed by atoms with van der Waals surface area (Å²) in [6.45, 7) is 9.38. The van der Waals surface area contributed by atoms with Gasteiger partial charge in [-0.25, -0.2) is 0 Å². The van der Waals surface area contributed by atoms with Crippen LogP contribution >= 0.6 is 12.4 Å². The van der Waals surface area contributed by atoms with Crippen molar-refractivity contribution in [3.63, 3.8) is 0 Å². The van der Waals surface area contributed by atoms with Gasteiger partial charge in [-0.05, 0) is 33.3 Å². The van der Waals surface area contributed by atoms with Crippen LogP contribution in [0.1, 0.15) is 35.5 Å². The van der Waals surface area contributed by atoms with E-state index < -0.39 is 0 Å². The number of hydrogen-bond donors (Lipinski definition) is 3. The van der Waals surface area contributed by atoms with E-state index in [1.54, 1.807) is 21.0 Å². The maximum Gasteiger partial charge on any atom is 0.253 e. The molecule has 1 heterocycles. The molecule has 1 aromatic heterocycles. The highest BCUT2D eigenvalue weighted by atomic mass is 35.5. The molecule has 9 heteroatoms. The molecule has 1 rings (SSSR count). The van der Waals surface area contributed by atoms with Gasteiger partial charge in [-0.1, -0.05) is 0 Å². The van der Waals surface area contributed by atoms with Gasteiger partial charge in [-0.2, -0.15) is 0 Å². The van der Waals surface area contributed by atoms with E-state index in [9.17, 15) is 14.4 Å². The van der Waals surface area contributed by atoms with Crippen LogP contribution in [0, 0.1) is 13.8 Å². The maximum absolute atomic E-state index is 12.5. The molecule has 0 aromatic carbocycles. The van der Waals surface area contributed by atoms with E-state index >= 15 is 0 Å². The highest BCUT2D eigenvalue weighted by Crippen LogP contribution is 2.11. The van der Waals surface area contributed by atoms with Gasteiger partial charge in [0.25, 0.3) is 11.5 Å². The first-order valence-electron chi connectivity index (χ1n) is 8.76. The third-order valence-electron chi connectivity index (χ3n) is 3.82. The molecule has 8 nitrogen and oxygen atoms in total. The van der Waals surface area contributed by atoms with E-state index in [2.05, 4.69) is 16.0 Å². The molecule has 0 unspecified atom stereocenters. The predicted molar refractivity (Wildman–Crippen MR) is 108 cm³/mol. The zero-order valence-electron chi connectivity index (χ0n) is 16.7. The standard InChI is InChI=1S/C18H30N4O4.ClH/c1-12(2)21-15(23)11-22-14(4)17(13(3)10-16(22)24)18(25)20-7-6-19-8-9-26-5;/h10,12,19H,6-9,11H2,1-5H3,(H,20,25)(H,21,23);1H. The molecule has 27 heavy (non-hydrogen) atoms. The Labute approximate surface area is 166 Å². The van der Waals surface area contributed by atoms with Gasteiger partial charge >= 0.3 is 0 Å². The summed E-state index contributed by atoms with van der Waals surface area (Å²) in [5, 5.41) is 8.72. The quantitative estimate of drug-likeness (QED) is 0.491. The number of rotatable bonds is 10. The minimum atomic E-state index is -0.295. The number of halogens is 1. The van der Waals surface area contributed by atoms with Crippen LogP contribution in [0.2, 0.25) is 0 Å². The molecule has 0 aliphatic rings. The lowest BCUT2D eigenvalue weighted by atomic mass is 10.1. The Hall–Kier alpha value is -1.90. The first kappa shape index (κ1) is 25.1. The Kier molecular flexibility index (Phi) is 11.6. The molecule has 0 spiro atoms. The van der Waals surface area contributed by atoms with Gasteiger partial charge < -0.3 is 25.3 Å². The van der Waals surface area contributed by atoms with Gasteiger partial charge in [0.15, 0.2) is 0 Å². The fourth-order valence-corrected chi connectivity index (χ4v) is 2.62. The first-order chi connectivity index (χ1) is 12.3. The highest BCUT2D eigenvalue weighted by molar-refractivity contribution is 5.96. The van der Waals surface area contributed by atoms with Gasteiger partial charge in [0.2, 0.25) is 5.91 Å². The fourth-order valence-electron chi connectivity index (χ4n) is 2.62. The Morgan fingerprint density at radius 2 is 1.85 bits per heavy atom. The van der Waals surface area contributed by atoms with E-state index in [1.807, 2.05) is 13.8 Å². The van der Waals surface area contributed by atoms with E-state index in [0.29, 0.717) is 43.1 Å². The Bertz CT molecular complexity index is 689. The number of carbonyl (C=O) groups excluding carboxylic acids is 2. The second kappa shape index (κ2) is 12.5. The summed E-state index contributed by atoms with van der Waals surface area (Å²) in [5.74, 6) is -0.519. The average molecular weight is 403 g/mol. The lowest BCUT2D eigenvalue weighted by molar-refractivity contribution is -0.122. The van der Waals surface area contributed by atoms with E-state index in [0.717, 1.165) is 0 Å². The van der Waals surface area contributed by atoms with Gasteiger partial charge in [-0.3, -0.25) is 14.4 Å². The van der Waals surface area contributed by atoms with Crippen LogP contribution in [0.3, 0.4) is 0 Å². The highest BCUT2D eigenvalue weighted by Gasteiger charge is 2.18. The second-order valence-electron chi connectivity index (χ2n) is 6.43. The zero-order valence-corrected chi connectivity index (χ0v) is 17.5. The Balaban J connectivity index is 0.00000676. The van der Waals surface area contributed by atoms with Crippen molar-refractivity contribution in [1.29, 1.82) is 0 Å². The summed E-state index contributed by atoms with van der Waals surface area (Å²) in [4.78, 5) is 36.8. The number of amides is 2. The van der Waals surface area contributed by atoms with Crippen molar-refractivity contribution in [1.82, 2.24) is 20.5 Å². The van der Waals surface area contributed by atoms with Crippen molar-refractivity contribution in [2.45, 2.75) is 40.3 Å². The van der Waals surface area contributed by atoms with Gasteiger partial charge in [0.1, 0.15) is 6.54 Å². The predicted octanol–water partition coefficient (Wildman–Crippen LogP) is 0.377. The molecular weight excluding hydrogens is 372 g/mol. The molecule has 3 N–H and O–H groups in total. The summed E-state index contributed by atoms with van der Waals surface area (Å²) >= 11 is 0. The van der Waals surface area contributed by atoms with Crippen LogP contribution in [0.25, 0.3) is 0 Å². The fraction of sp³-hybridized carbons (Fsp3) is 0.611. The largest absolute Gasteiger partial charge is 0.383 e. The minimum Gasteiger partial charge on any atom is -0.383 e. The molecule has 0 radical (unpaired) electrons. The number of carbonyl (C=O) groups is 2. The number of nitrogens with zero attached hydrogens (tertiary/aromatic N) is 1. The molecular formula is C18H31ClN4O4. The smallest absolute Gasteiger partial charge is 0.253 e. The molecule has 0 bridgehead atoms. The van der Waals surface area contributed by atoms with Gasteiger partial charge in [0.05, 0.1) is 12.2 Å². The van der Waals surface area contributed by atoms with Crippen molar-refractivity contribution >= 4 is 24.2 Å². The van der Waals surface area contributed by atoms with Crippen LogP contribution in [-0.2, 0) is 16.1 Å². The monoisotopic (exact) mass is 402 g/mol. The van der Waals surface area contributed by atoms with Crippen LogP contribution in [-0.4, -0.2) is 55.8 Å². The minimum absolute atomic E-state index is 0. The molecule has 0 atom stereocenters. The third-order valence-corrected chi connectivity index (χ3v) is 3.82. The number of aromatic nitrogens is 1. The lowest BCUT2D eigenvalue weighted by Gasteiger charge is -2.17. The van der Waals surface area contributed by atoms with Crippen molar-refractivity contribution in [3.8, 4) is 0 Å². The average Bonchev–Trinajstić information content (AvgIpc) is 2.54. The van der Waals surface area contributed by atoms with Gasteiger partial charge in [-0.15, -0.1) is 12.4 Å². The van der Waals surface area contributed by atoms with Crippen LogP contribution in [0.4, 0.5) is 0 Å². The number of aryl methyl sites for hydroxylation is 1. The van der Waals surface area contributed by atoms with Crippen molar-refractivity contribution in [3.05, 3.63) is 33.2 Å². The SMILES string of the molecule is COCCNCCNC(=O)c1c(C)cc(=O)n(CC(=O)NC(C)C)c1C.Cl. The molecule has 2 amide bonds. The summed E-state index contributed by atoms with van der Waals surface area (Å²) < 4.78 is 6.27. The Morgan fingerprint density at radius 3 is 2.44 bits per heavy atom. The first-order valence-corrected chi connectivity index (χ1v) is 8.76. The van der Waals surface area contributed by atoms with Crippen LogP contribution in [0.15, 0.2) is 10.9 Å². The number of methoxy groups -OCH3 is 1. The summed E-state index contributed by atoms with van der Waals surface area (Å²) in [6, 6.07) is 1.37. The molecule has 0 aliphatic heterocycles. The van der Waals surface area contributed by atoms with Crippen molar-refractivity contribution in [2.75, 3.05) is 33.4 Å². The number of pyridine rings is 1. The van der Waals surface area contributed by atoms with Gasteiger partial charge in [0, 0.05) is 44.5 Å². The number of hydrogen-bond acceptors (Lipinski definition) is 5. The second-order valence-corrected chi connectivity index (χ2v) is 6.43.